The predicted octanol–water partition coefficient (Wildman–Crippen LogP) is 1.62. The fourth-order valence-corrected chi connectivity index (χ4v) is 2.45. The molecule has 2 rings (SSSR count). The molecule has 0 aromatic carbocycles. The van der Waals surface area contributed by atoms with Gasteiger partial charge in [-0.2, -0.15) is 5.10 Å². The second-order valence-electron chi connectivity index (χ2n) is 4.70. The Morgan fingerprint density at radius 3 is 2.67 bits per heavy atom. The minimum Gasteiger partial charge on any atom is -0.391 e. The molecule has 1 aliphatic rings. The molecule has 1 aromatic heterocycles. The molecule has 0 amide bonds. The highest BCUT2D eigenvalue weighted by molar-refractivity contribution is 4.93. The lowest BCUT2D eigenvalue weighted by atomic mass is 9.85. The van der Waals surface area contributed by atoms with Gasteiger partial charge in [0.25, 0.3) is 0 Å². The summed E-state index contributed by atoms with van der Waals surface area (Å²) in [4.78, 5) is 4.29. The van der Waals surface area contributed by atoms with Crippen LogP contribution in [0.3, 0.4) is 0 Å². The average molecular weight is 209 g/mol. The Morgan fingerprint density at radius 2 is 2.07 bits per heavy atom. The van der Waals surface area contributed by atoms with Crippen LogP contribution in [0.15, 0.2) is 0 Å². The first-order valence-corrected chi connectivity index (χ1v) is 5.65. The number of aryl methyl sites for hydroxylation is 2. The van der Waals surface area contributed by atoms with E-state index in [1.165, 1.54) is 0 Å². The van der Waals surface area contributed by atoms with Gasteiger partial charge < -0.3 is 5.11 Å². The highest BCUT2D eigenvalue weighted by atomic mass is 16.3. The zero-order valence-corrected chi connectivity index (χ0v) is 9.64. The largest absolute Gasteiger partial charge is 0.391 e. The summed E-state index contributed by atoms with van der Waals surface area (Å²) in [5.74, 6) is 2.37. The van der Waals surface area contributed by atoms with Gasteiger partial charge in [-0.05, 0) is 39.0 Å². The number of aliphatic hydroxyl groups excluding tert-OH is 1. The van der Waals surface area contributed by atoms with Gasteiger partial charge >= 0.3 is 0 Å². The van der Waals surface area contributed by atoms with Crippen molar-refractivity contribution in [3.05, 3.63) is 11.6 Å². The first kappa shape index (κ1) is 10.6. The van der Waals surface area contributed by atoms with Crippen LogP contribution in [0.1, 0.15) is 43.9 Å². The lowest BCUT2D eigenvalue weighted by molar-refractivity contribution is 0.0506. The van der Waals surface area contributed by atoms with Crippen molar-refractivity contribution < 1.29 is 5.11 Å². The number of aromatic nitrogens is 3. The Morgan fingerprint density at radius 1 is 1.33 bits per heavy atom. The van der Waals surface area contributed by atoms with E-state index in [2.05, 4.69) is 17.0 Å². The first-order chi connectivity index (χ1) is 7.08. The van der Waals surface area contributed by atoms with Crippen LogP contribution < -0.4 is 0 Å². The zero-order chi connectivity index (χ0) is 11.0. The van der Waals surface area contributed by atoms with Crippen LogP contribution >= 0.6 is 0 Å². The van der Waals surface area contributed by atoms with Gasteiger partial charge in [0.2, 0.25) is 0 Å². The van der Waals surface area contributed by atoms with E-state index in [1.807, 2.05) is 18.5 Å². The van der Waals surface area contributed by atoms with Crippen LogP contribution in [0.4, 0.5) is 0 Å². The van der Waals surface area contributed by atoms with E-state index in [-0.39, 0.29) is 12.1 Å². The van der Waals surface area contributed by atoms with Crippen molar-refractivity contribution in [3.8, 4) is 0 Å². The maximum atomic E-state index is 9.99. The molecule has 0 radical (unpaired) electrons. The molecule has 1 aromatic rings. The monoisotopic (exact) mass is 209 g/mol. The molecular formula is C11H19N3O. The lowest BCUT2D eigenvalue weighted by Gasteiger charge is -2.32. The van der Waals surface area contributed by atoms with E-state index in [0.29, 0.717) is 5.92 Å². The second kappa shape index (κ2) is 3.93. The molecule has 0 aliphatic heterocycles. The molecule has 1 fully saturated rings. The maximum Gasteiger partial charge on any atom is 0.147 e. The summed E-state index contributed by atoms with van der Waals surface area (Å²) in [7, 11) is 0. The molecule has 3 unspecified atom stereocenters. The van der Waals surface area contributed by atoms with Crippen molar-refractivity contribution in [3.63, 3.8) is 0 Å². The van der Waals surface area contributed by atoms with E-state index in [9.17, 15) is 5.11 Å². The maximum absolute atomic E-state index is 9.99. The summed E-state index contributed by atoms with van der Waals surface area (Å²) in [6.07, 6.45) is 2.74. The lowest BCUT2D eigenvalue weighted by Crippen LogP contribution is -2.32. The fourth-order valence-electron chi connectivity index (χ4n) is 2.45. The van der Waals surface area contributed by atoms with E-state index in [0.717, 1.165) is 30.9 Å². The quantitative estimate of drug-likeness (QED) is 0.764. The Kier molecular flexibility index (Phi) is 2.78. The van der Waals surface area contributed by atoms with Gasteiger partial charge in [0.05, 0.1) is 12.1 Å². The molecule has 84 valence electrons. The Balaban J connectivity index is 2.24. The molecule has 4 heteroatoms. The van der Waals surface area contributed by atoms with Gasteiger partial charge in [0.15, 0.2) is 0 Å². The number of hydrogen-bond donors (Lipinski definition) is 1. The molecule has 1 N–H and O–H groups in total. The van der Waals surface area contributed by atoms with Gasteiger partial charge in [-0.15, -0.1) is 0 Å². The van der Waals surface area contributed by atoms with Gasteiger partial charge in [-0.3, -0.25) is 0 Å². The second-order valence-corrected chi connectivity index (χ2v) is 4.70. The summed E-state index contributed by atoms with van der Waals surface area (Å²) < 4.78 is 1.90. The summed E-state index contributed by atoms with van der Waals surface area (Å²) >= 11 is 0. The third-order valence-corrected chi connectivity index (χ3v) is 3.27. The molecular weight excluding hydrogens is 190 g/mol. The molecule has 3 atom stereocenters. The summed E-state index contributed by atoms with van der Waals surface area (Å²) in [5, 5.41) is 14.3. The van der Waals surface area contributed by atoms with E-state index < -0.39 is 0 Å². The molecule has 1 heterocycles. The van der Waals surface area contributed by atoms with E-state index in [1.54, 1.807) is 0 Å². The summed E-state index contributed by atoms with van der Waals surface area (Å²) in [6, 6.07) is 0.120. The predicted molar refractivity (Wildman–Crippen MR) is 57.6 cm³/mol. The van der Waals surface area contributed by atoms with Crippen molar-refractivity contribution in [2.24, 2.45) is 5.92 Å². The van der Waals surface area contributed by atoms with Gasteiger partial charge in [0.1, 0.15) is 11.6 Å². The minimum atomic E-state index is -0.263. The van der Waals surface area contributed by atoms with Crippen LogP contribution in [0, 0.1) is 19.8 Å². The number of aliphatic hydroxyl groups is 1. The fraction of sp³-hybridized carbons (Fsp3) is 0.818. The third kappa shape index (κ3) is 2.04. The SMILES string of the molecule is Cc1nc(C)n(C2CC(C)CCC2O)n1. The molecule has 1 saturated carbocycles. The summed E-state index contributed by atoms with van der Waals surface area (Å²) in [6.45, 7) is 6.08. The van der Waals surface area contributed by atoms with Crippen LogP contribution in [-0.4, -0.2) is 26.0 Å². The van der Waals surface area contributed by atoms with Crippen molar-refractivity contribution in [2.45, 2.75) is 52.2 Å². The van der Waals surface area contributed by atoms with Crippen LogP contribution in [-0.2, 0) is 0 Å². The van der Waals surface area contributed by atoms with E-state index in [4.69, 9.17) is 0 Å². The normalized spacial score (nSPS) is 31.9. The molecule has 0 bridgehead atoms. The highest BCUT2D eigenvalue weighted by Crippen LogP contribution is 2.32. The topological polar surface area (TPSA) is 50.9 Å². The molecule has 4 nitrogen and oxygen atoms in total. The van der Waals surface area contributed by atoms with Gasteiger partial charge in [-0.25, -0.2) is 9.67 Å². The summed E-state index contributed by atoms with van der Waals surface area (Å²) in [5.41, 5.74) is 0. The van der Waals surface area contributed by atoms with Crippen molar-refractivity contribution in [1.82, 2.24) is 14.8 Å². The first-order valence-electron chi connectivity index (χ1n) is 5.65. The minimum absolute atomic E-state index is 0.120. The van der Waals surface area contributed by atoms with E-state index >= 15 is 0 Å². The Labute approximate surface area is 90.3 Å². The van der Waals surface area contributed by atoms with Crippen molar-refractivity contribution in [2.75, 3.05) is 0 Å². The number of nitrogens with zero attached hydrogens (tertiary/aromatic N) is 3. The number of hydrogen-bond acceptors (Lipinski definition) is 3. The molecule has 0 spiro atoms. The molecule has 0 saturated heterocycles. The van der Waals surface area contributed by atoms with Crippen molar-refractivity contribution >= 4 is 0 Å². The highest BCUT2D eigenvalue weighted by Gasteiger charge is 2.30. The molecule has 15 heavy (non-hydrogen) atoms. The van der Waals surface area contributed by atoms with Crippen LogP contribution in [0.2, 0.25) is 0 Å². The average Bonchev–Trinajstić information content (AvgIpc) is 2.50. The third-order valence-electron chi connectivity index (χ3n) is 3.27. The van der Waals surface area contributed by atoms with Crippen LogP contribution in [0.5, 0.6) is 0 Å². The van der Waals surface area contributed by atoms with Gasteiger partial charge in [0, 0.05) is 0 Å². The van der Waals surface area contributed by atoms with Crippen molar-refractivity contribution in [1.29, 1.82) is 0 Å². The van der Waals surface area contributed by atoms with Gasteiger partial charge in [-0.1, -0.05) is 6.92 Å². The zero-order valence-electron chi connectivity index (χ0n) is 9.64. The Hall–Kier alpha value is -0.900. The van der Waals surface area contributed by atoms with Crippen LogP contribution in [0.25, 0.3) is 0 Å². The number of rotatable bonds is 1. The molecule has 1 aliphatic carbocycles. The standard InChI is InChI=1S/C11H19N3O/c1-7-4-5-11(15)10(6-7)14-9(3)12-8(2)13-14/h7,10-11,15H,4-6H2,1-3H3. The smallest absolute Gasteiger partial charge is 0.147 e. The Bertz CT molecular complexity index is 348.